The first-order chi connectivity index (χ1) is 15.1. The Morgan fingerprint density at radius 1 is 0.968 bits per heavy atom. The number of carbonyl (C=O) groups excluding carboxylic acids is 1. The zero-order valence-corrected chi connectivity index (χ0v) is 18.4. The van der Waals surface area contributed by atoms with Gasteiger partial charge in [0.05, 0.1) is 24.9 Å². The molecule has 5 rings (SSSR count). The molecule has 1 fully saturated rings. The van der Waals surface area contributed by atoms with Crippen LogP contribution in [0.4, 0.5) is 0 Å². The predicted molar refractivity (Wildman–Crippen MR) is 123 cm³/mol. The third-order valence-electron chi connectivity index (χ3n) is 7.55. The molecule has 2 atom stereocenters. The van der Waals surface area contributed by atoms with Gasteiger partial charge in [-0.2, -0.15) is 0 Å². The molecule has 3 aromatic rings. The third-order valence-corrected chi connectivity index (χ3v) is 7.55. The quantitative estimate of drug-likeness (QED) is 0.445. The number of ether oxygens (including phenoxy) is 2. The molecule has 2 aliphatic carbocycles. The van der Waals surface area contributed by atoms with E-state index in [1.54, 1.807) is 0 Å². The summed E-state index contributed by atoms with van der Waals surface area (Å²) >= 11 is 0. The highest BCUT2D eigenvalue weighted by Crippen LogP contribution is 2.47. The molecule has 1 saturated carbocycles. The second-order valence-electron chi connectivity index (χ2n) is 9.12. The molecule has 0 heterocycles. The van der Waals surface area contributed by atoms with Crippen molar-refractivity contribution in [3.05, 3.63) is 82.9 Å². The van der Waals surface area contributed by atoms with E-state index in [2.05, 4.69) is 55.5 Å². The number of carbonyl (C=O) groups is 1. The van der Waals surface area contributed by atoms with Crippen LogP contribution in [0.15, 0.2) is 60.7 Å². The van der Waals surface area contributed by atoms with E-state index in [4.69, 9.17) is 9.47 Å². The van der Waals surface area contributed by atoms with E-state index >= 15 is 0 Å². The van der Waals surface area contributed by atoms with Crippen molar-refractivity contribution < 1.29 is 14.3 Å². The van der Waals surface area contributed by atoms with Crippen molar-refractivity contribution in [3.8, 4) is 0 Å². The van der Waals surface area contributed by atoms with E-state index in [0.717, 1.165) is 19.3 Å². The van der Waals surface area contributed by atoms with Crippen LogP contribution in [0.2, 0.25) is 0 Å². The van der Waals surface area contributed by atoms with Crippen LogP contribution in [0, 0.1) is 0 Å². The monoisotopic (exact) mass is 414 g/mol. The molecule has 0 N–H and O–H groups in total. The minimum Gasteiger partial charge on any atom is -0.465 e. The first kappa shape index (κ1) is 20.3. The smallest absolute Gasteiger partial charge is 0.337 e. The van der Waals surface area contributed by atoms with Crippen molar-refractivity contribution >= 4 is 16.7 Å². The summed E-state index contributed by atoms with van der Waals surface area (Å²) < 4.78 is 11.8. The van der Waals surface area contributed by atoms with Gasteiger partial charge < -0.3 is 9.47 Å². The molecular formula is C28H30O3. The molecule has 2 aliphatic rings. The molecular weight excluding hydrogens is 384 g/mol. The fourth-order valence-electron chi connectivity index (χ4n) is 5.86. The van der Waals surface area contributed by atoms with Crippen molar-refractivity contribution in [1.29, 1.82) is 0 Å². The lowest BCUT2D eigenvalue weighted by atomic mass is 9.66. The van der Waals surface area contributed by atoms with Crippen LogP contribution in [0.5, 0.6) is 0 Å². The summed E-state index contributed by atoms with van der Waals surface area (Å²) in [6.45, 7) is 2.25. The lowest BCUT2D eigenvalue weighted by Gasteiger charge is -2.43. The van der Waals surface area contributed by atoms with Gasteiger partial charge in [-0.1, -0.05) is 67.8 Å². The SMILES string of the molecule is COC(=O)c1ccc(C2(C(C)OC3Cc4cccc5cccc3c45)CCCCC2)cc1. The van der Waals surface area contributed by atoms with Crippen molar-refractivity contribution in [3.63, 3.8) is 0 Å². The molecule has 3 aromatic carbocycles. The molecule has 0 bridgehead atoms. The predicted octanol–water partition coefficient (Wildman–Crippen LogP) is 6.53. The summed E-state index contributed by atoms with van der Waals surface area (Å²) in [5.74, 6) is -0.287. The topological polar surface area (TPSA) is 35.5 Å². The molecule has 3 nitrogen and oxygen atoms in total. The number of hydrogen-bond acceptors (Lipinski definition) is 3. The Labute approximate surface area is 184 Å². The molecule has 0 saturated heterocycles. The van der Waals surface area contributed by atoms with Gasteiger partial charge in [-0.15, -0.1) is 0 Å². The maximum Gasteiger partial charge on any atom is 0.337 e. The van der Waals surface area contributed by atoms with Gasteiger partial charge >= 0.3 is 5.97 Å². The van der Waals surface area contributed by atoms with Crippen molar-refractivity contribution in [2.24, 2.45) is 0 Å². The van der Waals surface area contributed by atoms with Crippen LogP contribution in [0.3, 0.4) is 0 Å². The van der Waals surface area contributed by atoms with Gasteiger partial charge in [0, 0.05) is 11.8 Å². The summed E-state index contributed by atoms with van der Waals surface area (Å²) in [6, 6.07) is 21.2. The highest BCUT2D eigenvalue weighted by molar-refractivity contribution is 5.91. The minimum atomic E-state index is -0.287. The fraction of sp³-hybridized carbons (Fsp3) is 0.393. The summed E-state index contributed by atoms with van der Waals surface area (Å²) in [6.07, 6.45) is 7.09. The van der Waals surface area contributed by atoms with Crippen molar-refractivity contribution in [1.82, 2.24) is 0 Å². The van der Waals surface area contributed by atoms with E-state index in [0.29, 0.717) is 5.56 Å². The van der Waals surface area contributed by atoms with Crippen LogP contribution in [-0.2, 0) is 21.3 Å². The Morgan fingerprint density at radius 3 is 2.39 bits per heavy atom. The lowest BCUT2D eigenvalue weighted by molar-refractivity contribution is -0.0549. The summed E-state index contributed by atoms with van der Waals surface area (Å²) in [7, 11) is 1.43. The van der Waals surface area contributed by atoms with Gasteiger partial charge in [-0.25, -0.2) is 4.79 Å². The maximum absolute atomic E-state index is 11.9. The highest BCUT2D eigenvalue weighted by atomic mass is 16.5. The first-order valence-corrected chi connectivity index (χ1v) is 11.5. The second kappa shape index (κ2) is 8.12. The molecule has 31 heavy (non-hydrogen) atoms. The average Bonchev–Trinajstić information content (AvgIpc) is 3.18. The summed E-state index contributed by atoms with van der Waals surface area (Å²) in [5, 5.41) is 2.68. The third kappa shape index (κ3) is 3.45. The Morgan fingerprint density at radius 2 is 1.68 bits per heavy atom. The zero-order valence-electron chi connectivity index (χ0n) is 18.4. The van der Waals surface area contributed by atoms with Crippen LogP contribution in [0.25, 0.3) is 10.8 Å². The van der Waals surface area contributed by atoms with Gasteiger partial charge in [0.1, 0.15) is 0 Å². The van der Waals surface area contributed by atoms with Crippen LogP contribution < -0.4 is 0 Å². The molecule has 0 radical (unpaired) electrons. The number of hydrogen-bond donors (Lipinski definition) is 0. The number of rotatable bonds is 5. The van der Waals surface area contributed by atoms with E-state index in [-0.39, 0.29) is 23.6 Å². The van der Waals surface area contributed by atoms with Gasteiger partial charge in [-0.3, -0.25) is 0 Å². The summed E-state index contributed by atoms with van der Waals surface area (Å²) in [5.41, 5.74) is 4.58. The lowest BCUT2D eigenvalue weighted by Crippen LogP contribution is -2.42. The second-order valence-corrected chi connectivity index (χ2v) is 9.12. The summed E-state index contributed by atoms with van der Waals surface area (Å²) in [4.78, 5) is 11.9. The fourth-order valence-corrected chi connectivity index (χ4v) is 5.86. The maximum atomic E-state index is 11.9. The molecule has 2 unspecified atom stereocenters. The molecule has 0 amide bonds. The molecule has 0 spiro atoms. The van der Waals surface area contributed by atoms with Crippen LogP contribution >= 0.6 is 0 Å². The number of methoxy groups -OCH3 is 1. The Balaban J connectivity index is 1.45. The highest BCUT2D eigenvalue weighted by Gasteiger charge is 2.41. The minimum absolute atomic E-state index is 0.0183. The standard InChI is InChI=1S/C28H30O3/c1-19(31-25-18-22-10-6-8-20-9-7-11-24(25)26(20)22)28(16-4-3-5-17-28)23-14-12-21(13-15-23)27(29)30-2/h6-15,19,25H,3-5,16-18H2,1-2H3. The molecule has 0 aliphatic heterocycles. The Kier molecular flexibility index (Phi) is 5.31. The molecule has 3 heteroatoms. The number of benzene rings is 3. The van der Waals surface area contributed by atoms with Gasteiger partial charge in [0.15, 0.2) is 0 Å². The average molecular weight is 415 g/mol. The molecule has 160 valence electrons. The van der Waals surface area contributed by atoms with Crippen LogP contribution in [-0.4, -0.2) is 19.2 Å². The van der Waals surface area contributed by atoms with E-state index in [1.165, 1.54) is 53.8 Å². The van der Waals surface area contributed by atoms with Crippen LogP contribution in [0.1, 0.15) is 72.2 Å². The van der Waals surface area contributed by atoms with Gasteiger partial charge in [0.2, 0.25) is 0 Å². The zero-order chi connectivity index (χ0) is 21.4. The molecule has 0 aromatic heterocycles. The Bertz CT molecular complexity index is 1090. The van der Waals surface area contributed by atoms with Crippen molar-refractivity contribution in [2.75, 3.05) is 7.11 Å². The number of esters is 1. The van der Waals surface area contributed by atoms with Gasteiger partial charge in [-0.05, 0) is 59.4 Å². The Hall–Kier alpha value is -2.65. The first-order valence-electron chi connectivity index (χ1n) is 11.5. The van der Waals surface area contributed by atoms with E-state index in [9.17, 15) is 4.79 Å². The largest absolute Gasteiger partial charge is 0.465 e. The van der Waals surface area contributed by atoms with E-state index in [1.807, 2.05) is 12.1 Å². The normalized spacial score (nSPS) is 20.5. The van der Waals surface area contributed by atoms with E-state index < -0.39 is 0 Å². The van der Waals surface area contributed by atoms with Gasteiger partial charge in [0.25, 0.3) is 0 Å². The van der Waals surface area contributed by atoms with Crippen molar-refractivity contribution in [2.45, 2.75) is 63.1 Å².